The largest absolute Gasteiger partial charge is 0.487 e. The molecular weight excluding hydrogens is 334 g/mol. The average molecular weight is 357 g/mol. The predicted molar refractivity (Wildman–Crippen MR) is 107 cm³/mol. The molecule has 0 radical (unpaired) electrons. The SMILES string of the molecule is O=C(c1ccc2ccccc2c1)N1CCC2(CCc3ccccc3O2)CC1. The van der Waals surface area contributed by atoms with Crippen molar-refractivity contribution in [3.05, 3.63) is 77.9 Å². The van der Waals surface area contributed by atoms with Crippen LogP contribution >= 0.6 is 0 Å². The van der Waals surface area contributed by atoms with Gasteiger partial charge in [-0.2, -0.15) is 0 Å². The summed E-state index contributed by atoms with van der Waals surface area (Å²) in [5.41, 5.74) is 1.98. The van der Waals surface area contributed by atoms with E-state index in [-0.39, 0.29) is 11.5 Å². The van der Waals surface area contributed by atoms with Crippen LogP contribution in [-0.4, -0.2) is 29.5 Å². The zero-order valence-corrected chi connectivity index (χ0v) is 15.4. The number of aryl methyl sites for hydroxylation is 1. The van der Waals surface area contributed by atoms with E-state index >= 15 is 0 Å². The Hall–Kier alpha value is -2.81. The number of hydrogen-bond acceptors (Lipinski definition) is 2. The molecule has 1 spiro atoms. The Morgan fingerprint density at radius 3 is 2.44 bits per heavy atom. The molecule has 3 aromatic carbocycles. The van der Waals surface area contributed by atoms with Crippen molar-refractivity contribution in [3.8, 4) is 5.75 Å². The van der Waals surface area contributed by atoms with E-state index in [0.29, 0.717) is 0 Å². The fourth-order valence-corrected chi connectivity index (χ4v) is 4.43. The summed E-state index contributed by atoms with van der Waals surface area (Å²) in [5, 5.41) is 2.28. The Morgan fingerprint density at radius 2 is 1.59 bits per heavy atom. The van der Waals surface area contributed by atoms with Gasteiger partial charge in [-0.05, 0) is 47.4 Å². The molecule has 0 atom stereocenters. The van der Waals surface area contributed by atoms with E-state index in [1.54, 1.807) is 0 Å². The topological polar surface area (TPSA) is 29.5 Å². The maximum absolute atomic E-state index is 13.0. The number of ether oxygens (including phenoxy) is 1. The number of fused-ring (bicyclic) bond motifs is 2. The standard InChI is InChI=1S/C24H23NO2/c26-23(21-10-9-18-5-1-2-7-20(18)17-21)25-15-13-24(14-16-25)12-11-19-6-3-4-8-22(19)27-24/h1-10,17H,11-16H2. The van der Waals surface area contributed by atoms with Crippen LogP contribution in [0.4, 0.5) is 0 Å². The molecule has 2 aliphatic rings. The third-order valence-electron chi connectivity index (χ3n) is 6.11. The number of likely N-dealkylation sites (tertiary alicyclic amines) is 1. The van der Waals surface area contributed by atoms with E-state index in [2.05, 4.69) is 30.3 Å². The molecule has 5 rings (SSSR count). The van der Waals surface area contributed by atoms with Gasteiger partial charge in [0, 0.05) is 31.5 Å². The van der Waals surface area contributed by atoms with Crippen LogP contribution in [0.15, 0.2) is 66.7 Å². The van der Waals surface area contributed by atoms with E-state index < -0.39 is 0 Å². The Morgan fingerprint density at radius 1 is 0.852 bits per heavy atom. The van der Waals surface area contributed by atoms with Crippen LogP contribution in [-0.2, 0) is 6.42 Å². The Balaban J connectivity index is 1.31. The molecule has 2 heterocycles. The van der Waals surface area contributed by atoms with E-state index in [1.165, 1.54) is 10.9 Å². The van der Waals surface area contributed by atoms with Crippen molar-refractivity contribution >= 4 is 16.7 Å². The van der Waals surface area contributed by atoms with Gasteiger partial charge < -0.3 is 9.64 Å². The van der Waals surface area contributed by atoms with Gasteiger partial charge in [0.05, 0.1) is 0 Å². The molecular formula is C24H23NO2. The first-order chi connectivity index (χ1) is 13.2. The van der Waals surface area contributed by atoms with Crippen LogP contribution in [0.1, 0.15) is 35.2 Å². The number of nitrogens with zero attached hydrogens (tertiary/aromatic N) is 1. The fourth-order valence-electron chi connectivity index (χ4n) is 4.43. The second kappa shape index (κ2) is 6.41. The summed E-state index contributed by atoms with van der Waals surface area (Å²) in [4.78, 5) is 15.0. The first-order valence-corrected chi connectivity index (χ1v) is 9.78. The molecule has 0 aliphatic carbocycles. The number of piperidine rings is 1. The molecule has 3 heteroatoms. The molecule has 0 N–H and O–H groups in total. The Labute approximate surface area is 159 Å². The lowest BCUT2D eigenvalue weighted by molar-refractivity contribution is -0.0106. The predicted octanol–water partition coefficient (Wildman–Crippen LogP) is 4.84. The summed E-state index contributed by atoms with van der Waals surface area (Å²) in [6.07, 6.45) is 3.91. The number of para-hydroxylation sites is 1. The van der Waals surface area contributed by atoms with Gasteiger partial charge in [0.25, 0.3) is 5.91 Å². The van der Waals surface area contributed by atoms with Crippen molar-refractivity contribution < 1.29 is 9.53 Å². The minimum Gasteiger partial charge on any atom is -0.487 e. The number of carbonyl (C=O) groups is 1. The summed E-state index contributed by atoms with van der Waals surface area (Å²) < 4.78 is 6.41. The van der Waals surface area contributed by atoms with E-state index in [0.717, 1.165) is 55.5 Å². The summed E-state index contributed by atoms with van der Waals surface area (Å²) in [5.74, 6) is 1.16. The molecule has 27 heavy (non-hydrogen) atoms. The molecule has 0 bridgehead atoms. The summed E-state index contributed by atoms with van der Waals surface area (Å²) in [6.45, 7) is 1.52. The zero-order valence-electron chi connectivity index (χ0n) is 15.4. The fraction of sp³-hybridized carbons (Fsp3) is 0.292. The lowest BCUT2D eigenvalue weighted by Crippen LogP contribution is -2.51. The van der Waals surface area contributed by atoms with Crippen LogP contribution in [0.3, 0.4) is 0 Å². The van der Waals surface area contributed by atoms with Gasteiger partial charge >= 0.3 is 0 Å². The second-order valence-electron chi connectivity index (χ2n) is 7.75. The first kappa shape index (κ1) is 16.4. The summed E-state index contributed by atoms with van der Waals surface area (Å²) in [6, 6.07) is 22.5. The van der Waals surface area contributed by atoms with Gasteiger partial charge in [0.1, 0.15) is 11.4 Å². The Kier molecular flexibility index (Phi) is 3.89. The van der Waals surface area contributed by atoms with Crippen molar-refractivity contribution in [1.29, 1.82) is 0 Å². The van der Waals surface area contributed by atoms with Crippen LogP contribution < -0.4 is 4.74 Å². The second-order valence-corrected chi connectivity index (χ2v) is 7.75. The molecule has 1 saturated heterocycles. The lowest BCUT2D eigenvalue weighted by Gasteiger charge is -2.44. The first-order valence-electron chi connectivity index (χ1n) is 9.78. The van der Waals surface area contributed by atoms with Crippen LogP contribution in [0.2, 0.25) is 0 Å². The van der Waals surface area contributed by atoms with Crippen LogP contribution in [0.25, 0.3) is 10.8 Å². The molecule has 0 unspecified atom stereocenters. The molecule has 3 aromatic rings. The number of rotatable bonds is 1. The molecule has 2 aliphatic heterocycles. The molecule has 0 aromatic heterocycles. The van der Waals surface area contributed by atoms with Crippen molar-refractivity contribution in [2.75, 3.05) is 13.1 Å². The molecule has 0 saturated carbocycles. The molecule has 1 amide bonds. The highest BCUT2D eigenvalue weighted by Gasteiger charge is 2.40. The minimum absolute atomic E-state index is 0.103. The van der Waals surface area contributed by atoms with Crippen LogP contribution in [0, 0.1) is 0 Å². The van der Waals surface area contributed by atoms with Gasteiger partial charge in [0.2, 0.25) is 0 Å². The lowest BCUT2D eigenvalue weighted by atomic mass is 9.83. The van der Waals surface area contributed by atoms with Crippen molar-refractivity contribution in [3.63, 3.8) is 0 Å². The maximum Gasteiger partial charge on any atom is 0.253 e. The monoisotopic (exact) mass is 357 g/mol. The van der Waals surface area contributed by atoms with Gasteiger partial charge in [-0.25, -0.2) is 0 Å². The highest BCUT2D eigenvalue weighted by molar-refractivity contribution is 5.98. The van der Waals surface area contributed by atoms with E-state index in [1.807, 2.05) is 41.3 Å². The summed E-state index contributed by atoms with van der Waals surface area (Å²) >= 11 is 0. The van der Waals surface area contributed by atoms with Gasteiger partial charge in [-0.15, -0.1) is 0 Å². The van der Waals surface area contributed by atoms with Crippen LogP contribution in [0.5, 0.6) is 5.75 Å². The maximum atomic E-state index is 13.0. The molecule has 3 nitrogen and oxygen atoms in total. The van der Waals surface area contributed by atoms with Crippen molar-refractivity contribution in [1.82, 2.24) is 4.90 Å². The average Bonchev–Trinajstić information content (AvgIpc) is 2.73. The number of benzene rings is 3. The third kappa shape index (κ3) is 2.97. The van der Waals surface area contributed by atoms with E-state index in [9.17, 15) is 4.79 Å². The molecule has 136 valence electrons. The zero-order chi connectivity index (χ0) is 18.3. The Bertz CT molecular complexity index is 1000. The van der Waals surface area contributed by atoms with Crippen molar-refractivity contribution in [2.24, 2.45) is 0 Å². The minimum atomic E-state index is -0.103. The van der Waals surface area contributed by atoms with Gasteiger partial charge in [-0.3, -0.25) is 4.79 Å². The quantitative estimate of drug-likeness (QED) is 0.624. The normalized spacial score (nSPS) is 18.1. The van der Waals surface area contributed by atoms with Crippen molar-refractivity contribution in [2.45, 2.75) is 31.3 Å². The summed E-state index contributed by atoms with van der Waals surface area (Å²) in [7, 11) is 0. The third-order valence-corrected chi connectivity index (χ3v) is 6.11. The smallest absolute Gasteiger partial charge is 0.253 e. The molecule has 1 fully saturated rings. The number of amides is 1. The highest BCUT2D eigenvalue weighted by atomic mass is 16.5. The number of carbonyl (C=O) groups excluding carboxylic acids is 1. The van der Waals surface area contributed by atoms with Gasteiger partial charge in [0.15, 0.2) is 0 Å². The van der Waals surface area contributed by atoms with E-state index in [4.69, 9.17) is 4.74 Å². The number of hydrogen-bond donors (Lipinski definition) is 0. The highest BCUT2D eigenvalue weighted by Crippen LogP contribution is 2.39. The van der Waals surface area contributed by atoms with Gasteiger partial charge in [-0.1, -0.05) is 48.5 Å².